The Labute approximate surface area is 200 Å². The molecule has 182 valence electrons. The second-order valence-electron chi connectivity index (χ2n) is 8.67. The Bertz CT molecular complexity index is 998. The minimum absolute atomic E-state index is 0.0555. The van der Waals surface area contributed by atoms with E-state index in [0.29, 0.717) is 48.6 Å². The molecule has 1 atom stereocenters. The molecule has 8 nitrogen and oxygen atoms in total. The van der Waals surface area contributed by atoms with Crippen molar-refractivity contribution < 1.29 is 23.9 Å². The fourth-order valence-electron chi connectivity index (χ4n) is 4.17. The first-order chi connectivity index (χ1) is 16.3. The maximum atomic E-state index is 13.0. The predicted molar refractivity (Wildman–Crippen MR) is 129 cm³/mol. The Kier molecular flexibility index (Phi) is 8.51. The lowest BCUT2D eigenvalue weighted by Crippen LogP contribution is -2.54. The highest BCUT2D eigenvalue weighted by molar-refractivity contribution is 5.98. The smallest absolute Gasteiger partial charge is 0.257 e. The van der Waals surface area contributed by atoms with Crippen molar-refractivity contribution in [3.63, 3.8) is 0 Å². The number of carbonyl (C=O) groups is 3. The van der Waals surface area contributed by atoms with Crippen molar-refractivity contribution in [3.8, 4) is 11.5 Å². The van der Waals surface area contributed by atoms with Crippen molar-refractivity contribution in [2.24, 2.45) is 5.92 Å². The molecule has 1 heterocycles. The lowest BCUT2D eigenvalue weighted by atomic mass is 9.88. The van der Waals surface area contributed by atoms with Crippen molar-refractivity contribution in [3.05, 3.63) is 59.7 Å². The molecule has 0 aromatic heterocycles. The lowest BCUT2D eigenvalue weighted by molar-refractivity contribution is -0.125. The number of methoxy groups -OCH3 is 2. The Balaban J connectivity index is 1.70. The Hall–Kier alpha value is -3.55. The number of benzene rings is 2. The molecule has 0 radical (unpaired) electrons. The van der Waals surface area contributed by atoms with Crippen molar-refractivity contribution in [2.75, 3.05) is 27.3 Å². The van der Waals surface area contributed by atoms with Gasteiger partial charge in [-0.15, -0.1) is 0 Å². The Morgan fingerprint density at radius 1 is 0.912 bits per heavy atom. The highest BCUT2D eigenvalue weighted by atomic mass is 16.5. The van der Waals surface area contributed by atoms with Crippen LogP contribution in [0.2, 0.25) is 0 Å². The number of amides is 3. The zero-order valence-corrected chi connectivity index (χ0v) is 20.2. The molecule has 0 bridgehead atoms. The molecule has 1 aliphatic heterocycles. The van der Waals surface area contributed by atoms with Crippen molar-refractivity contribution in [1.82, 2.24) is 15.5 Å². The van der Waals surface area contributed by atoms with Gasteiger partial charge in [0.25, 0.3) is 11.8 Å². The molecule has 0 spiro atoms. The van der Waals surface area contributed by atoms with Crippen molar-refractivity contribution in [2.45, 2.75) is 38.8 Å². The van der Waals surface area contributed by atoms with Crippen LogP contribution in [0.1, 0.15) is 47.4 Å². The average Bonchev–Trinajstić information content (AvgIpc) is 2.86. The molecule has 34 heavy (non-hydrogen) atoms. The summed E-state index contributed by atoms with van der Waals surface area (Å²) in [6, 6.07) is 13.2. The summed E-state index contributed by atoms with van der Waals surface area (Å²) in [5.74, 6) is 0.461. The summed E-state index contributed by atoms with van der Waals surface area (Å²) in [6.45, 7) is 4.75. The van der Waals surface area contributed by atoms with Gasteiger partial charge in [-0.05, 0) is 69.0 Å². The van der Waals surface area contributed by atoms with E-state index in [1.807, 2.05) is 26.0 Å². The van der Waals surface area contributed by atoms with Crippen LogP contribution in [0.3, 0.4) is 0 Å². The number of ether oxygens (including phenoxy) is 2. The zero-order valence-electron chi connectivity index (χ0n) is 20.2. The molecule has 1 aliphatic rings. The van der Waals surface area contributed by atoms with Gasteiger partial charge in [0.2, 0.25) is 5.91 Å². The molecule has 3 rings (SSSR count). The van der Waals surface area contributed by atoms with Crippen LogP contribution in [0, 0.1) is 5.92 Å². The van der Waals surface area contributed by atoms with E-state index in [0.717, 1.165) is 0 Å². The van der Waals surface area contributed by atoms with E-state index in [9.17, 15) is 14.4 Å². The summed E-state index contributed by atoms with van der Waals surface area (Å²) in [6.07, 6.45) is 1.19. The van der Waals surface area contributed by atoms with Crippen LogP contribution >= 0.6 is 0 Å². The summed E-state index contributed by atoms with van der Waals surface area (Å²) >= 11 is 0. The number of para-hydroxylation sites is 1. The van der Waals surface area contributed by atoms with Crippen LogP contribution in [0.25, 0.3) is 0 Å². The monoisotopic (exact) mass is 467 g/mol. The van der Waals surface area contributed by atoms with Gasteiger partial charge in [-0.25, -0.2) is 0 Å². The van der Waals surface area contributed by atoms with E-state index in [-0.39, 0.29) is 29.7 Å². The van der Waals surface area contributed by atoms with E-state index in [1.54, 1.807) is 55.5 Å². The van der Waals surface area contributed by atoms with Gasteiger partial charge in [-0.2, -0.15) is 0 Å². The largest absolute Gasteiger partial charge is 0.497 e. The molecule has 2 aromatic rings. The normalized spacial score (nSPS) is 14.9. The van der Waals surface area contributed by atoms with Crippen LogP contribution in [0.4, 0.5) is 0 Å². The van der Waals surface area contributed by atoms with Crippen LogP contribution < -0.4 is 20.1 Å². The number of hydrogen-bond acceptors (Lipinski definition) is 5. The minimum Gasteiger partial charge on any atom is -0.497 e. The topological polar surface area (TPSA) is 97.0 Å². The van der Waals surface area contributed by atoms with E-state index >= 15 is 0 Å². The molecule has 2 aromatic carbocycles. The third-order valence-electron chi connectivity index (χ3n) is 5.99. The van der Waals surface area contributed by atoms with Gasteiger partial charge in [0.1, 0.15) is 17.5 Å². The maximum Gasteiger partial charge on any atom is 0.257 e. The summed E-state index contributed by atoms with van der Waals surface area (Å²) in [4.78, 5) is 40.7. The SMILES string of the molecule is COc1ccc(C(=O)N[C@@H](C(=O)NC(C)C)C2CCN(C(=O)c3ccccc3OC)CC2)cc1. The van der Waals surface area contributed by atoms with Gasteiger partial charge in [0.15, 0.2) is 0 Å². The quantitative estimate of drug-likeness (QED) is 0.622. The molecular formula is C26H33N3O5. The van der Waals surface area contributed by atoms with E-state index in [4.69, 9.17) is 9.47 Å². The summed E-state index contributed by atoms with van der Waals surface area (Å²) in [7, 11) is 3.11. The van der Waals surface area contributed by atoms with Crippen LogP contribution in [-0.4, -0.2) is 62.0 Å². The minimum atomic E-state index is -0.694. The van der Waals surface area contributed by atoms with Crippen molar-refractivity contribution in [1.29, 1.82) is 0 Å². The molecule has 3 amide bonds. The van der Waals surface area contributed by atoms with E-state index in [2.05, 4.69) is 10.6 Å². The number of rotatable bonds is 8. The second kappa shape index (κ2) is 11.5. The Morgan fingerprint density at radius 3 is 2.15 bits per heavy atom. The fourth-order valence-corrected chi connectivity index (χ4v) is 4.17. The highest BCUT2D eigenvalue weighted by Gasteiger charge is 2.34. The maximum absolute atomic E-state index is 13.0. The number of likely N-dealkylation sites (tertiary alicyclic amines) is 1. The van der Waals surface area contributed by atoms with Gasteiger partial charge in [0, 0.05) is 24.7 Å². The second-order valence-corrected chi connectivity index (χ2v) is 8.67. The number of hydrogen-bond donors (Lipinski definition) is 2. The third kappa shape index (κ3) is 6.07. The lowest BCUT2D eigenvalue weighted by Gasteiger charge is -2.36. The van der Waals surface area contributed by atoms with E-state index < -0.39 is 6.04 Å². The number of nitrogens with one attached hydrogen (secondary N) is 2. The zero-order chi connectivity index (χ0) is 24.7. The molecule has 0 aliphatic carbocycles. The standard InChI is InChI=1S/C26H33N3O5/c1-17(2)27-25(31)23(28-24(30)19-9-11-20(33-3)12-10-19)18-13-15-29(16-14-18)26(32)21-7-5-6-8-22(21)34-4/h5-12,17-18,23H,13-16H2,1-4H3,(H,27,31)(H,28,30)/t23-/m1/s1. The van der Waals surface area contributed by atoms with Gasteiger partial charge in [0.05, 0.1) is 19.8 Å². The molecule has 1 saturated heterocycles. The fraction of sp³-hybridized carbons (Fsp3) is 0.423. The van der Waals surface area contributed by atoms with Gasteiger partial charge in [-0.3, -0.25) is 14.4 Å². The number of nitrogens with zero attached hydrogens (tertiary/aromatic N) is 1. The van der Waals surface area contributed by atoms with Gasteiger partial charge < -0.3 is 25.0 Å². The third-order valence-corrected chi connectivity index (χ3v) is 5.99. The van der Waals surface area contributed by atoms with Gasteiger partial charge in [-0.1, -0.05) is 12.1 Å². The highest BCUT2D eigenvalue weighted by Crippen LogP contribution is 2.26. The molecule has 8 heteroatoms. The van der Waals surface area contributed by atoms with Crippen LogP contribution in [0.5, 0.6) is 11.5 Å². The molecule has 1 fully saturated rings. The molecule has 0 saturated carbocycles. The first-order valence-electron chi connectivity index (χ1n) is 11.5. The first-order valence-corrected chi connectivity index (χ1v) is 11.5. The average molecular weight is 468 g/mol. The first kappa shape index (κ1) is 25.1. The number of carbonyl (C=O) groups excluding carboxylic acids is 3. The van der Waals surface area contributed by atoms with Crippen LogP contribution in [0.15, 0.2) is 48.5 Å². The Morgan fingerprint density at radius 2 is 1.56 bits per heavy atom. The summed E-state index contributed by atoms with van der Waals surface area (Å²) in [5.41, 5.74) is 0.970. The van der Waals surface area contributed by atoms with E-state index in [1.165, 1.54) is 0 Å². The summed E-state index contributed by atoms with van der Waals surface area (Å²) < 4.78 is 10.5. The summed E-state index contributed by atoms with van der Waals surface area (Å²) in [5, 5.41) is 5.84. The molecular weight excluding hydrogens is 434 g/mol. The van der Waals surface area contributed by atoms with Crippen molar-refractivity contribution >= 4 is 17.7 Å². The molecule has 2 N–H and O–H groups in total. The van der Waals surface area contributed by atoms with Gasteiger partial charge >= 0.3 is 0 Å². The van der Waals surface area contributed by atoms with Crippen LogP contribution in [-0.2, 0) is 4.79 Å². The molecule has 0 unspecified atom stereocenters. The predicted octanol–water partition coefficient (Wildman–Crippen LogP) is 2.88. The number of piperidine rings is 1.